The van der Waals surface area contributed by atoms with Crippen molar-refractivity contribution in [1.29, 1.82) is 0 Å². The van der Waals surface area contributed by atoms with Crippen LogP contribution in [0.25, 0.3) is 0 Å². The first kappa shape index (κ1) is 14.1. The molecule has 0 aliphatic rings. The maximum absolute atomic E-state index is 5.67. The summed E-state index contributed by atoms with van der Waals surface area (Å²) in [6.07, 6.45) is 0. The number of anilines is 1. The second kappa shape index (κ2) is 6.75. The molecule has 0 spiro atoms. The van der Waals surface area contributed by atoms with Crippen LogP contribution >= 0.6 is 0 Å². The molecule has 5 heteroatoms. The van der Waals surface area contributed by atoms with E-state index in [0.29, 0.717) is 24.9 Å². The summed E-state index contributed by atoms with van der Waals surface area (Å²) >= 11 is 0. The van der Waals surface area contributed by atoms with Gasteiger partial charge in [-0.15, -0.1) is 0 Å². The molecule has 0 aliphatic heterocycles. The third kappa shape index (κ3) is 3.60. The van der Waals surface area contributed by atoms with E-state index < -0.39 is 0 Å². The summed E-state index contributed by atoms with van der Waals surface area (Å²) in [5.74, 6) is 2.90. The summed E-state index contributed by atoms with van der Waals surface area (Å²) in [6, 6.07) is 9.66. The van der Waals surface area contributed by atoms with Crippen LogP contribution in [0.4, 0.5) is 5.82 Å². The molecule has 0 saturated carbocycles. The van der Waals surface area contributed by atoms with E-state index in [-0.39, 0.29) is 0 Å². The third-order valence-corrected chi connectivity index (χ3v) is 2.78. The topological polar surface area (TPSA) is 56.3 Å². The number of rotatable bonds is 6. The van der Waals surface area contributed by atoms with E-state index in [1.807, 2.05) is 51.2 Å². The molecule has 0 atom stereocenters. The van der Waals surface area contributed by atoms with Gasteiger partial charge in [0.2, 0.25) is 5.88 Å². The number of aromatic nitrogens is 2. The highest BCUT2D eigenvalue weighted by Gasteiger charge is 2.09. The van der Waals surface area contributed by atoms with Crippen LogP contribution in [0, 0.1) is 13.8 Å². The molecule has 2 rings (SSSR count). The van der Waals surface area contributed by atoms with Gasteiger partial charge < -0.3 is 14.8 Å². The number of ether oxygens (including phenoxy) is 2. The molecule has 0 bridgehead atoms. The number of hydrogen-bond donors (Lipinski definition) is 1. The standard InChI is InChI=1S/C15H19N3O2/c1-11-14(16-3)17-12(2)18-15(11)20-10-9-19-13-7-5-4-6-8-13/h4-8H,9-10H2,1-3H3,(H,16,17,18). The lowest BCUT2D eigenvalue weighted by Crippen LogP contribution is -2.12. The molecule has 1 aromatic heterocycles. The highest BCUT2D eigenvalue weighted by Crippen LogP contribution is 2.21. The minimum absolute atomic E-state index is 0.440. The van der Waals surface area contributed by atoms with Gasteiger partial charge in [0, 0.05) is 7.05 Å². The second-order valence-electron chi connectivity index (χ2n) is 4.31. The predicted molar refractivity (Wildman–Crippen MR) is 78.5 cm³/mol. The largest absolute Gasteiger partial charge is 0.490 e. The molecule has 1 N–H and O–H groups in total. The summed E-state index contributed by atoms with van der Waals surface area (Å²) < 4.78 is 11.2. The molecule has 0 amide bonds. The summed E-state index contributed by atoms with van der Waals surface area (Å²) in [6.45, 7) is 4.68. The first-order valence-electron chi connectivity index (χ1n) is 6.54. The second-order valence-corrected chi connectivity index (χ2v) is 4.31. The Kier molecular flexibility index (Phi) is 4.76. The molecule has 0 aliphatic carbocycles. The Morgan fingerprint density at radius 3 is 2.40 bits per heavy atom. The van der Waals surface area contributed by atoms with Crippen LogP contribution in [0.1, 0.15) is 11.4 Å². The SMILES string of the molecule is CNc1nc(C)nc(OCCOc2ccccc2)c1C. The number of hydrogen-bond acceptors (Lipinski definition) is 5. The fraction of sp³-hybridized carbons (Fsp3) is 0.333. The van der Waals surface area contributed by atoms with Crippen molar-refractivity contribution >= 4 is 5.82 Å². The van der Waals surface area contributed by atoms with Gasteiger partial charge in [-0.1, -0.05) is 18.2 Å². The van der Waals surface area contributed by atoms with Gasteiger partial charge in [0.1, 0.15) is 30.6 Å². The van der Waals surface area contributed by atoms with Gasteiger partial charge in [-0.2, -0.15) is 4.98 Å². The molecule has 2 aromatic rings. The Bertz CT molecular complexity index is 559. The number of benzene rings is 1. The molecule has 5 nitrogen and oxygen atoms in total. The van der Waals surface area contributed by atoms with Crippen molar-refractivity contribution in [2.24, 2.45) is 0 Å². The van der Waals surface area contributed by atoms with Gasteiger partial charge in [0.25, 0.3) is 0 Å². The Balaban J connectivity index is 1.90. The molecule has 1 aromatic carbocycles. The van der Waals surface area contributed by atoms with Crippen LogP contribution in [-0.4, -0.2) is 30.2 Å². The van der Waals surface area contributed by atoms with Gasteiger partial charge in [-0.05, 0) is 26.0 Å². The summed E-state index contributed by atoms with van der Waals surface area (Å²) in [5.41, 5.74) is 0.901. The average Bonchev–Trinajstić information content (AvgIpc) is 2.47. The molecule has 0 fully saturated rings. The van der Waals surface area contributed by atoms with Crippen molar-refractivity contribution in [2.45, 2.75) is 13.8 Å². The van der Waals surface area contributed by atoms with Crippen molar-refractivity contribution in [3.63, 3.8) is 0 Å². The number of aryl methyl sites for hydroxylation is 1. The number of nitrogens with one attached hydrogen (secondary N) is 1. The first-order chi connectivity index (χ1) is 9.70. The van der Waals surface area contributed by atoms with E-state index in [1.165, 1.54) is 0 Å². The van der Waals surface area contributed by atoms with Gasteiger partial charge in [-0.3, -0.25) is 0 Å². The fourth-order valence-electron chi connectivity index (χ4n) is 1.80. The highest BCUT2D eigenvalue weighted by atomic mass is 16.5. The van der Waals surface area contributed by atoms with Gasteiger partial charge in [0.15, 0.2) is 0 Å². The Labute approximate surface area is 119 Å². The zero-order valence-electron chi connectivity index (χ0n) is 12.0. The van der Waals surface area contributed by atoms with Crippen molar-refractivity contribution in [2.75, 3.05) is 25.6 Å². The molecular weight excluding hydrogens is 254 g/mol. The molecule has 0 radical (unpaired) electrons. The van der Waals surface area contributed by atoms with Crippen LogP contribution in [-0.2, 0) is 0 Å². The van der Waals surface area contributed by atoms with Crippen LogP contribution in [0.2, 0.25) is 0 Å². The zero-order valence-corrected chi connectivity index (χ0v) is 12.0. The lowest BCUT2D eigenvalue weighted by molar-refractivity contribution is 0.210. The highest BCUT2D eigenvalue weighted by molar-refractivity contribution is 5.47. The maximum Gasteiger partial charge on any atom is 0.221 e. The fourth-order valence-corrected chi connectivity index (χ4v) is 1.80. The van der Waals surface area contributed by atoms with E-state index in [4.69, 9.17) is 9.47 Å². The zero-order chi connectivity index (χ0) is 14.4. The smallest absolute Gasteiger partial charge is 0.221 e. The summed E-state index contributed by atoms with van der Waals surface area (Å²) in [5, 5.41) is 3.03. The van der Waals surface area contributed by atoms with Gasteiger partial charge in [0.05, 0.1) is 5.56 Å². The minimum Gasteiger partial charge on any atom is -0.490 e. The van der Waals surface area contributed by atoms with Gasteiger partial charge >= 0.3 is 0 Å². The van der Waals surface area contributed by atoms with Crippen molar-refractivity contribution < 1.29 is 9.47 Å². The molecule has 0 unspecified atom stereocenters. The van der Waals surface area contributed by atoms with Crippen LogP contribution in [0.3, 0.4) is 0 Å². The molecule has 1 heterocycles. The van der Waals surface area contributed by atoms with Crippen LogP contribution in [0.15, 0.2) is 30.3 Å². The first-order valence-corrected chi connectivity index (χ1v) is 6.54. The van der Waals surface area contributed by atoms with E-state index in [1.54, 1.807) is 0 Å². The monoisotopic (exact) mass is 273 g/mol. The van der Waals surface area contributed by atoms with Crippen molar-refractivity contribution in [3.8, 4) is 11.6 Å². The molecule has 0 saturated heterocycles. The van der Waals surface area contributed by atoms with Crippen LogP contribution < -0.4 is 14.8 Å². The third-order valence-electron chi connectivity index (χ3n) is 2.78. The predicted octanol–water partition coefficient (Wildman–Crippen LogP) is 2.59. The van der Waals surface area contributed by atoms with E-state index >= 15 is 0 Å². The Hall–Kier alpha value is -2.30. The molecular formula is C15H19N3O2. The van der Waals surface area contributed by atoms with Crippen LogP contribution in [0.5, 0.6) is 11.6 Å². The quantitative estimate of drug-likeness (QED) is 0.820. The van der Waals surface area contributed by atoms with E-state index in [9.17, 15) is 0 Å². The number of para-hydroxylation sites is 1. The maximum atomic E-state index is 5.67. The summed E-state index contributed by atoms with van der Waals surface area (Å²) in [7, 11) is 1.83. The minimum atomic E-state index is 0.440. The Morgan fingerprint density at radius 1 is 1.00 bits per heavy atom. The normalized spacial score (nSPS) is 10.2. The number of nitrogens with zero attached hydrogens (tertiary/aromatic N) is 2. The lowest BCUT2D eigenvalue weighted by Gasteiger charge is -2.12. The Morgan fingerprint density at radius 2 is 1.70 bits per heavy atom. The average molecular weight is 273 g/mol. The molecule has 20 heavy (non-hydrogen) atoms. The van der Waals surface area contributed by atoms with E-state index in [2.05, 4.69) is 15.3 Å². The van der Waals surface area contributed by atoms with Crippen molar-refractivity contribution in [3.05, 3.63) is 41.7 Å². The summed E-state index contributed by atoms with van der Waals surface area (Å²) in [4.78, 5) is 8.59. The van der Waals surface area contributed by atoms with Crippen molar-refractivity contribution in [1.82, 2.24) is 9.97 Å². The molecule has 106 valence electrons. The lowest BCUT2D eigenvalue weighted by atomic mass is 10.3. The van der Waals surface area contributed by atoms with E-state index in [0.717, 1.165) is 17.1 Å². The van der Waals surface area contributed by atoms with Gasteiger partial charge in [-0.25, -0.2) is 4.98 Å².